The minimum absolute atomic E-state index is 0.0762. The molecule has 0 N–H and O–H groups in total. The molecule has 0 bridgehead atoms. The highest BCUT2D eigenvalue weighted by Gasteiger charge is 2.04. The van der Waals surface area contributed by atoms with Crippen LogP contribution in [0, 0.1) is 11.3 Å². The third-order valence-electron chi connectivity index (χ3n) is 2.50. The maximum Gasteiger partial charge on any atom is 0.328 e. The van der Waals surface area contributed by atoms with Gasteiger partial charge in [0.1, 0.15) is 0 Å². The van der Waals surface area contributed by atoms with Crippen molar-refractivity contribution in [2.45, 2.75) is 6.54 Å². The lowest BCUT2D eigenvalue weighted by atomic mass is 10.1. The van der Waals surface area contributed by atoms with Crippen molar-refractivity contribution in [3.05, 3.63) is 58.3 Å². The number of rotatable bonds is 2. The molecule has 0 saturated carbocycles. The molecule has 0 aliphatic heterocycles. The molecular weight excluding hydrogens is 202 g/mol. The monoisotopic (exact) mass is 213 g/mol. The van der Waals surface area contributed by atoms with Crippen LogP contribution in [0.3, 0.4) is 0 Å². The van der Waals surface area contributed by atoms with Gasteiger partial charge in [0.25, 0.3) is 0 Å². The van der Waals surface area contributed by atoms with Crippen molar-refractivity contribution in [1.29, 1.82) is 5.26 Å². The molecular formula is C12H11N3O. The van der Waals surface area contributed by atoms with E-state index in [1.807, 2.05) is 18.2 Å². The SMILES string of the molecule is Cn1ccn(Cc2ccccc2C#N)c1=O. The first-order valence-corrected chi connectivity index (χ1v) is 4.92. The summed E-state index contributed by atoms with van der Waals surface area (Å²) in [5.41, 5.74) is 1.39. The number of imidazole rings is 1. The van der Waals surface area contributed by atoms with Crippen LogP contribution in [0.2, 0.25) is 0 Å². The van der Waals surface area contributed by atoms with Gasteiger partial charge in [-0.05, 0) is 11.6 Å². The quantitative estimate of drug-likeness (QED) is 0.750. The zero-order chi connectivity index (χ0) is 11.5. The molecule has 1 heterocycles. The summed E-state index contributed by atoms with van der Waals surface area (Å²) in [5, 5.41) is 8.93. The van der Waals surface area contributed by atoms with Gasteiger partial charge >= 0.3 is 5.69 Å². The molecule has 80 valence electrons. The minimum atomic E-state index is -0.0762. The van der Waals surface area contributed by atoms with E-state index in [4.69, 9.17) is 5.26 Å². The van der Waals surface area contributed by atoms with E-state index >= 15 is 0 Å². The Morgan fingerprint density at radius 1 is 1.31 bits per heavy atom. The highest BCUT2D eigenvalue weighted by atomic mass is 16.1. The van der Waals surface area contributed by atoms with E-state index in [1.54, 1.807) is 30.1 Å². The number of nitriles is 1. The molecule has 0 amide bonds. The third kappa shape index (κ3) is 1.75. The average molecular weight is 213 g/mol. The van der Waals surface area contributed by atoms with Crippen LogP contribution in [0.25, 0.3) is 0 Å². The van der Waals surface area contributed by atoms with Crippen molar-refractivity contribution < 1.29 is 0 Å². The van der Waals surface area contributed by atoms with Gasteiger partial charge in [-0.25, -0.2) is 4.79 Å². The van der Waals surface area contributed by atoms with Crippen molar-refractivity contribution in [2.75, 3.05) is 0 Å². The Morgan fingerprint density at radius 3 is 2.69 bits per heavy atom. The Hall–Kier alpha value is -2.28. The van der Waals surface area contributed by atoms with E-state index in [1.165, 1.54) is 4.57 Å². The molecule has 0 spiro atoms. The molecule has 0 aliphatic carbocycles. The summed E-state index contributed by atoms with van der Waals surface area (Å²) in [5.74, 6) is 0. The summed E-state index contributed by atoms with van der Waals surface area (Å²) < 4.78 is 3.09. The van der Waals surface area contributed by atoms with Crippen molar-refractivity contribution >= 4 is 0 Å². The number of hydrogen-bond acceptors (Lipinski definition) is 2. The van der Waals surface area contributed by atoms with E-state index in [0.717, 1.165) is 5.56 Å². The predicted molar refractivity (Wildman–Crippen MR) is 59.9 cm³/mol. The molecule has 4 heteroatoms. The number of nitrogens with zero attached hydrogens (tertiary/aromatic N) is 3. The Labute approximate surface area is 93.0 Å². The fourth-order valence-electron chi connectivity index (χ4n) is 1.58. The first kappa shape index (κ1) is 10.2. The second-order valence-corrected chi connectivity index (χ2v) is 3.59. The van der Waals surface area contributed by atoms with E-state index < -0.39 is 0 Å². The third-order valence-corrected chi connectivity index (χ3v) is 2.50. The zero-order valence-corrected chi connectivity index (χ0v) is 8.92. The summed E-state index contributed by atoms with van der Waals surface area (Å²) in [6, 6.07) is 9.41. The number of aromatic nitrogens is 2. The summed E-state index contributed by atoms with van der Waals surface area (Å²) in [6.45, 7) is 0.434. The molecule has 16 heavy (non-hydrogen) atoms. The van der Waals surface area contributed by atoms with Crippen LogP contribution in [0.5, 0.6) is 0 Å². The standard InChI is InChI=1S/C12H11N3O/c1-14-6-7-15(12(14)16)9-11-5-3-2-4-10(11)8-13/h2-7H,9H2,1H3. The molecule has 0 atom stereocenters. The smallest absolute Gasteiger partial charge is 0.302 e. The van der Waals surface area contributed by atoms with Crippen LogP contribution in [-0.2, 0) is 13.6 Å². The van der Waals surface area contributed by atoms with E-state index in [0.29, 0.717) is 12.1 Å². The molecule has 0 unspecified atom stereocenters. The molecule has 0 fully saturated rings. The second-order valence-electron chi connectivity index (χ2n) is 3.59. The fraction of sp³-hybridized carbons (Fsp3) is 0.167. The van der Waals surface area contributed by atoms with Gasteiger partial charge in [-0.15, -0.1) is 0 Å². The normalized spacial score (nSPS) is 10.0. The summed E-state index contributed by atoms with van der Waals surface area (Å²) in [6.07, 6.45) is 3.42. The van der Waals surface area contributed by atoms with Gasteiger partial charge < -0.3 is 4.57 Å². The first-order chi connectivity index (χ1) is 7.72. The van der Waals surface area contributed by atoms with E-state index in [2.05, 4.69) is 6.07 Å². The maximum absolute atomic E-state index is 11.6. The minimum Gasteiger partial charge on any atom is -0.302 e. The van der Waals surface area contributed by atoms with Crippen molar-refractivity contribution in [2.24, 2.45) is 7.05 Å². The van der Waals surface area contributed by atoms with E-state index in [-0.39, 0.29) is 5.69 Å². The molecule has 1 aromatic heterocycles. The lowest BCUT2D eigenvalue weighted by molar-refractivity contribution is 0.717. The lowest BCUT2D eigenvalue weighted by Gasteiger charge is -2.03. The van der Waals surface area contributed by atoms with Crippen LogP contribution >= 0.6 is 0 Å². The van der Waals surface area contributed by atoms with Crippen LogP contribution in [0.15, 0.2) is 41.5 Å². The van der Waals surface area contributed by atoms with Gasteiger partial charge in [0.15, 0.2) is 0 Å². The Morgan fingerprint density at radius 2 is 2.06 bits per heavy atom. The van der Waals surface area contributed by atoms with Crippen LogP contribution in [-0.4, -0.2) is 9.13 Å². The second kappa shape index (κ2) is 4.07. The topological polar surface area (TPSA) is 50.7 Å². The Kier molecular flexibility index (Phi) is 2.61. The number of benzene rings is 1. The number of hydrogen-bond donors (Lipinski definition) is 0. The molecule has 0 saturated heterocycles. The van der Waals surface area contributed by atoms with Crippen LogP contribution in [0.4, 0.5) is 0 Å². The van der Waals surface area contributed by atoms with Gasteiger partial charge in [-0.3, -0.25) is 4.57 Å². The number of aryl methyl sites for hydroxylation is 1. The van der Waals surface area contributed by atoms with E-state index in [9.17, 15) is 4.79 Å². The average Bonchev–Trinajstić information content (AvgIpc) is 2.62. The van der Waals surface area contributed by atoms with Crippen LogP contribution in [0.1, 0.15) is 11.1 Å². The molecule has 2 aromatic rings. The van der Waals surface area contributed by atoms with Crippen molar-refractivity contribution in [1.82, 2.24) is 9.13 Å². The molecule has 1 aromatic carbocycles. The molecule has 4 nitrogen and oxygen atoms in total. The van der Waals surface area contributed by atoms with Gasteiger partial charge in [0.05, 0.1) is 18.2 Å². The molecule has 0 aliphatic rings. The highest BCUT2D eigenvalue weighted by Crippen LogP contribution is 2.08. The van der Waals surface area contributed by atoms with Crippen LogP contribution < -0.4 is 5.69 Å². The zero-order valence-electron chi connectivity index (χ0n) is 8.92. The highest BCUT2D eigenvalue weighted by molar-refractivity contribution is 5.37. The summed E-state index contributed by atoms with van der Waals surface area (Å²) >= 11 is 0. The van der Waals surface area contributed by atoms with Gasteiger partial charge in [-0.1, -0.05) is 18.2 Å². The maximum atomic E-state index is 11.6. The molecule has 2 rings (SSSR count). The van der Waals surface area contributed by atoms with Gasteiger partial charge in [-0.2, -0.15) is 5.26 Å². The predicted octanol–water partition coefficient (Wildman–Crippen LogP) is 1.11. The molecule has 0 radical (unpaired) electrons. The summed E-state index contributed by atoms with van der Waals surface area (Å²) in [4.78, 5) is 11.6. The summed E-state index contributed by atoms with van der Waals surface area (Å²) in [7, 11) is 1.70. The fourth-order valence-corrected chi connectivity index (χ4v) is 1.58. The van der Waals surface area contributed by atoms with Gasteiger partial charge in [0, 0.05) is 19.4 Å². The first-order valence-electron chi connectivity index (χ1n) is 4.92. The van der Waals surface area contributed by atoms with Gasteiger partial charge in [0.2, 0.25) is 0 Å². The Bertz CT molecular complexity index is 601. The largest absolute Gasteiger partial charge is 0.328 e. The van der Waals surface area contributed by atoms with Crippen molar-refractivity contribution in [3.8, 4) is 6.07 Å². The Balaban J connectivity index is 2.39. The lowest BCUT2D eigenvalue weighted by Crippen LogP contribution is -2.22. The van der Waals surface area contributed by atoms with Crippen molar-refractivity contribution in [3.63, 3.8) is 0 Å².